The van der Waals surface area contributed by atoms with E-state index in [9.17, 15) is 17.6 Å². The zero-order chi connectivity index (χ0) is 24.2. The van der Waals surface area contributed by atoms with Gasteiger partial charge in [-0.05, 0) is 37.1 Å². The third-order valence-corrected chi connectivity index (χ3v) is 5.61. The highest BCUT2D eigenvalue weighted by Gasteiger charge is 2.27. The second kappa shape index (κ2) is 10.4. The van der Waals surface area contributed by atoms with Gasteiger partial charge in [0.25, 0.3) is 0 Å². The first-order chi connectivity index (χ1) is 16.4. The van der Waals surface area contributed by atoms with Gasteiger partial charge < -0.3 is 14.2 Å². The Labute approximate surface area is 195 Å². The van der Waals surface area contributed by atoms with Crippen molar-refractivity contribution in [3.63, 3.8) is 0 Å². The van der Waals surface area contributed by atoms with Crippen molar-refractivity contribution in [3.8, 4) is 28.0 Å². The van der Waals surface area contributed by atoms with Crippen LogP contribution in [0, 0.1) is 29.2 Å². The molecule has 34 heavy (non-hydrogen) atoms. The summed E-state index contributed by atoms with van der Waals surface area (Å²) in [4.78, 5) is 0. The van der Waals surface area contributed by atoms with E-state index in [1.807, 2.05) is 19.1 Å². The van der Waals surface area contributed by atoms with Gasteiger partial charge in [0.15, 0.2) is 29.5 Å². The predicted molar refractivity (Wildman–Crippen MR) is 121 cm³/mol. The lowest BCUT2D eigenvalue weighted by atomic mass is 9.98. The van der Waals surface area contributed by atoms with Crippen LogP contribution in [0.1, 0.15) is 25.7 Å². The van der Waals surface area contributed by atoms with E-state index < -0.39 is 29.6 Å². The molecule has 1 fully saturated rings. The molecule has 1 saturated heterocycles. The lowest BCUT2D eigenvalue weighted by Gasteiger charge is -2.28. The lowest BCUT2D eigenvalue weighted by Crippen LogP contribution is -2.26. The van der Waals surface area contributed by atoms with Crippen LogP contribution >= 0.6 is 0 Å². The fourth-order valence-electron chi connectivity index (χ4n) is 3.90. The molecular formula is C27H24F4O3. The van der Waals surface area contributed by atoms with E-state index in [0.29, 0.717) is 24.3 Å². The van der Waals surface area contributed by atoms with Gasteiger partial charge in [-0.1, -0.05) is 48.6 Å². The van der Waals surface area contributed by atoms with Crippen LogP contribution in [-0.2, 0) is 9.47 Å². The van der Waals surface area contributed by atoms with E-state index >= 15 is 0 Å². The van der Waals surface area contributed by atoms with E-state index in [0.717, 1.165) is 0 Å². The van der Waals surface area contributed by atoms with Gasteiger partial charge >= 0.3 is 0 Å². The normalized spacial score (nSPS) is 18.4. The number of ether oxygens (including phenoxy) is 3. The molecule has 3 aromatic carbocycles. The molecule has 0 bridgehead atoms. The van der Waals surface area contributed by atoms with Gasteiger partial charge in [-0.2, -0.15) is 4.39 Å². The minimum absolute atomic E-state index is 0.0104. The van der Waals surface area contributed by atoms with Crippen LogP contribution in [0.4, 0.5) is 17.6 Å². The monoisotopic (exact) mass is 472 g/mol. The molecule has 0 saturated carbocycles. The molecule has 1 aliphatic heterocycles. The van der Waals surface area contributed by atoms with E-state index in [4.69, 9.17) is 14.2 Å². The van der Waals surface area contributed by atoms with Crippen LogP contribution in [-0.4, -0.2) is 19.8 Å². The van der Waals surface area contributed by atoms with Crippen molar-refractivity contribution < 1.29 is 31.8 Å². The number of hydrogen-bond acceptors (Lipinski definition) is 3. The molecule has 0 unspecified atom stereocenters. The van der Waals surface area contributed by atoms with Gasteiger partial charge in [-0.3, -0.25) is 0 Å². The largest absolute Gasteiger partial charge is 0.491 e. The number of benzene rings is 3. The van der Waals surface area contributed by atoms with Crippen molar-refractivity contribution in [1.29, 1.82) is 0 Å². The second-order valence-corrected chi connectivity index (χ2v) is 7.86. The van der Waals surface area contributed by atoms with Crippen LogP contribution in [0.25, 0.3) is 22.3 Å². The maximum Gasteiger partial charge on any atom is 0.201 e. The molecule has 178 valence electrons. The average molecular weight is 472 g/mol. The van der Waals surface area contributed by atoms with Crippen LogP contribution in [0.2, 0.25) is 0 Å². The molecule has 3 aromatic rings. The Hall–Kier alpha value is -3.16. The Balaban J connectivity index is 1.57. The Morgan fingerprint density at radius 1 is 0.794 bits per heavy atom. The summed E-state index contributed by atoms with van der Waals surface area (Å²) in [6.07, 6.45) is 2.84. The van der Waals surface area contributed by atoms with Crippen LogP contribution in [0.5, 0.6) is 5.75 Å². The third kappa shape index (κ3) is 4.72. The molecule has 7 heteroatoms. The Kier molecular flexibility index (Phi) is 7.34. The number of halogens is 4. The molecule has 3 nitrogen and oxygen atoms in total. The van der Waals surface area contributed by atoms with Crippen LogP contribution < -0.4 is 4.74 Å². The number of allylic oxidation sites excluding steroid dienone is 1. The van der Waals surface area contributed by atoms with E-state index in [-0.39, 0.29) is 35.0 Å². The molecule has 0 amide bonds. The summed E-state index contributed by atoms with van der Waals surface area (Å²) >= 11 is 0. The molecule has 0 radical (unpaired) electrons. The standard InChI is InChI=1S/C27H24F4O3/c1-3-5-16-14-33-27(34-15-16)21-11-10-19(23(28)25(21)30)17-6-8-18(9-7-17)20-12-13-22(32-4-2)26(31)24(20)29/h3,5-13,16,27H,4,14-15H2,1-2H3. The highest BCUT2D eigenvalue weighted by Crippen LogP contribution is 2.35. The van der Waals surface area contributed by atoms with Crippen molar-refractivity contribution in [2.24, 2.45) is 5.92 Å². The first kappa shape index (κ1) is 24.0. The summed E-state index contributed by atoms with van der Waals surface area (Å²) in [6, 6.07) is 11.7. The molecule has 0 atom stereocenters. The minimum Gasteiger partial charge on any atom is -0.491 e. The Bertz CT molecular complexity index is 1180. The quantitative estimate of drug-likeness (QED) is 0.280. The number of hydrogen-bond donors (Lipinski definition) is 0. The highest BCUT2D eigenvalue weighted by molar-refractivity contribution is 5.71. The zero-order valence-electron chi connectivity index (χ0n) is 18.8. The first-order valence-corrected chi connectivity index (χ1v) is 11.0. The third-order valence-electron chi connectivity index (χ3n) is 5.61. The molecule has 0 spiro atoms. The molecule has 0 aliphatic carbocycles. The first-order valence-electron chi connectivity index (χ1n) is 11.0. The Morgan fingerprint density at radius 2 is 1.35 bits per heavy atom. The average Bonchev–Trinajstić information content (AvgIpc) is 2.85. The summed E-state index contributed by atoms with van der Waals surface area (Å²) in [5, 5.41) is 0. The van der Waals surface area contributed by atoms with Crippen molar-refractivity contribution in [1.82, 2.24) is 0 Å². The molecule has 0 aromatic heterocycles. The summed E-state index contributed by atoms with van der Waals surface area (Å²) in [7, 11) is 0. The predicted octanol–water partition coefficient (Wildman–Crippen LogP) is 7.21. The SMILES string of the molecule is CC=CC1COC(c2ccc(-c3ccc(-c4ccc(OCC)c(F)c4F)cc3)c(F)c2F)OC1. The fraction of sp³-hybridized carbons (Fsp3) is 0.259. The highest BCUT2D eigenvalue weighted by atomic mass is 19.2. The van der Waals surface area contributed by atoms with Gasteiger partial charge in [0.2, 0.25) is 5.82 Å². The summed E-state index contributed by atoms with van der Waals surface area (Å²) in [6.45, 7) is 4.47. The maximum atomic E-state index is 14.9. The van der Waals surface area contributed by atoms with Crippen molar-refractivity contribution in [2.45, 2.75) is 20.1 Å². The molecule has 1 heterocycles. The van der Waals surface area contributed by atoms with Gasteiger partial charge in [-0.15, -0.1) is 0 Å². The maximum absolute atomic E-state index is 14.9. The molecule has 4 rings (SSSR count). The fourth-order valence-corrected chi connectivity index (χ4v) is 3.90. The second-order valence-electron chi connectivity index (χ2n) is 7.86. The van der Waals surface area contributed by atoms with Gasteiger partial charge in [-0.25, -0.2) is 13.2 Å². The van der Waals surface area contributed by atoms with Crippen molar-refractivity contribution in [3.05, 3.63) is 89.5 Å². The van der Waals surface area contributed by atoms with Gasteiger partial charge in [0.05, 0.1) is 19.8 Å². The summed E-state index contributed by atoms with van der Waals surface area (Å²) in [5.74, 6) is -4.29. The van der Waals surface area contributed by atoms with E-state index in [1.165, 1.54) is 48.5 Å². The van der Waals surface area contributed by atoms with Crippen molar-refractivity contribution in [2.75, 3.05) is 19.8 Å². The van der Waals surface area contributed by atoms with E-state index in [2.05, 4.69) is 0 Å². The van der Waals surface area contributed by atoms with E-state index in [1.54, 1.807) is 6.92 Å². The smallest absolute Gasteiger partial charge is 0.201 e. The molecule has 1 aliphatic rings. The molecular weight excluding hydrogens is 448 g/mol. The minimum atomic E-state index is -1.07. The number of rotatable bonds is 6. The topological polar surface area (TPSA) is 27.7 Å². The van der Waals surface area contributed by atoms with Gasteiger partial charge in [0, 0.05) is 22.6 Å². The van der Waals surface area contributed by atoms with Crippen molar-refractivity contribution >= 4 is 0 Å². The molecule has 0 N–H and O–H groups in total. The van der Waals surface area contributed by atoms with Gasteiger partial charge in [0.1, 0.15) is 0 Å². The summed E-state index contributed by atoms with van der Waals surface area (Å²) < 4.78 is 74.7. The summed E-state index contributed by atoms with van der Waals surface area (Å²) in [5.41, 5.74) is 0.840. The Morgan fingerprint density at radius 3 is 1.91 bits per heavy atom. The zero-order valence-corrected chi connectivity index (χ0v) is 18.8. The van der Waals surface area contributed by atoms with Crippen LogP contribution in [0.3, 0.4) is 0 Å². The van der Waals surface area contributed by atoms with Crippen LogP contribution in [0.15, 0.2) is 60.7 Å². The lowest BCUT2D eigenvalue weighted by molar-refractivity contribution is -0.199.